The molecule has 0 radical (unpaired) electrons. The van der Waals surface area contributed by atoms with E-state index < -0.39 is 0 Å². The Balaban J connectivity index is 1.87. The van der Waals surface area contributed by atoms with Gasteiger partial charge in [-0.15, -0.1) is 0 Å². The molecule has 0 heterocycles. The summed E-state index contributed by atoms with van der Waals surface area (Å²) in [6.07, 6.45) is 4.84. The van der Waals surface area contributed by atoms with Crippen LogP contribution in [0, 0.1) is 0 Å². The van der Waals surface area contributed by atoms with E-state index in [0.29, 0.717) is 25.4 Å². The van der Waals surface area contributed by atoms with Crippen molar-refractivity contribution in [1.82, 2.24) is 4.90 Å². The first-order valence-corrected chi connectivity index (χ1v) is 6.28. The van der Waals surface area contributed by atoms with Crippen molar-refractivity contribution in [3.05, 3.63) is 0 Å². The molecule has 1 aliphatic rings. The lowest BCUT2D eigenvalue weighted by molar-refractivity contribution is -0.0136. The van der Waals surface area contributed by atoms with Crippen LogP contribution in [0.1, 0.15) is 25.7 Å². The first-order valence-electron chi connectivity index (χ1n) is 6.28. The highest BCUT2D eigenvalue weighted by molar-refractivity contribution is 4.74. The van der Waals surface area contributed by atoms with Crippen molar-refractivity contribution in [2.75, 3.05) is 40.5 Å². The topological polar surface area (TPSA) is 47.7 Å². The van der Waals surface area contributed by atoms with Crippen LogP contribution in [0.25, 0.3) is 0 Å². The molecule has 0 aliphatic heterocycles. The van der Waals surface area contributed by atoms with E-state index in [1.807, 2.05) is 14.1 Å². The van der Waals surface area contributed by atoms with Crippen molar-refractivity contribution in [3.63, 3.8) is 0 Å². The fourth-order valence-electron chi connectivity index (χ4n) is 1.88. The Hall–Kier alpha value is -0.160. The van der Waals surface area contributed by atoms with Crippen LogP contribution in [-0.4, -0.2) is 57.5 Å². The second kappa shape index (κ2) is 8.01. The number of hydrogen-bond acceptors (Lipinski definition) is 4. The fourth-order valence-corrected chi connectivity index (χ4v) is 1.88. The summed E-state index contributed by atoms with van der Waals surface area (Å²) in [6.45, 7) is 3.17. The highest BCUT2D eigenvalue weighted by Gasteiger charge is 2.18. The second-order valence-electron chi connectivity index (χ2n) is 4.82. The first-order chi connectivity index (χ1) is 7.68. The molecule has 0 aromatic heterocycles. The Labute approximate surface area is 99.1 Å². The van der Waals surface area contributed by atoms with Gasteiger partial charge in [0.2, 0.25) is 0 Å². The molecule has 1 saturated carbocycles. The number of likely N-dealkylation sites (N-methyl/N-ethyl adjacent to an activating group) is 1. The van der Waals surface area contributed by atoms with Gasteiger partial charge < -0.3 is 20.1 Å². The van der Waals surface area contributed by atoms with Gasteiger partial charge in [0.15, 0.2) is 0 Å². The number of rotatable bonds is 7. The van der Waals surface area contributed by atoms with E-state index in [0.717, 1.165) is 38.8 Å². The minimum absolute atomic E-state index is 0.399. The molecule has 4 heteroatoms. The van der Waals surface area contributed by atoms with E-state index in [2.05, 4.69) is 4.90 Å². The second-order valence-corrected chi connectivity index (χ2v) is 4.82. The van der Waals surface area contributed by atoms with Crippen LogP contribution in [0.5, 0.6) is 0 Å². The zero-order valence-corrected chi connectivity index (χ0v) is 10.7. The smallest absolute Gasteiger partial charge is 0.0704 e. The van der Waals surface area contributed by atoms with Crippen molar-refractivity contribution >= 4 is 0 Å². The van der Waals surface area contributed by atoms with E-state index in [-0.39, 0.29) is 0 Å². The van der Waals surface area contributed by atoms with Gasteiger partial charge in [0.25, 0.3) is 0 Å². The van der Waals surface area contributed by atoms with Crippen LogP contribution in [0.4, 0.5) is 0 Å². The van der Waals surface area contributed by atoms with Gasteiger partial charge in [0.05, 0.1) is 25.9 Å². The molecule has 1 aliphatic carbocycles. The van der Waals surface area contributed by atoms with Crippen molar-refractivity contribution in [1.29, 1.82) is 0 Å². The SMILES string of the molecule is CN(C)CCOCCOC1CCC(N)CC1. The monoisotopic (exact) mass is 230 g/mol. The van der Waals surface area contributed by atoms with Crippen molar-refractivity contribution in [2.24, 2.45) is 5.73 Å². The minimum Gasteiger partial charge on any atom is -0.378 e. The summed E-state index contributed by atoms with van der Waals surface area (Å²) in [5.74, 6) is 0. The van der Waals surface area contributed by atoms with E-state index in [1.165, 1.54) is 0 Å². The van der Waals surface area contributed by atoms with Gasteiger partial charge in [-0.05, 0) is 39.8 Å². The zero-order valence-electron chi connectivity index (χ0n) is 10.7. The number of hydrogen-bond donors (Lipinski definition) is 1. The minimum atomic E-state index is 0.399. The summed E-state index contributed by atoms with van der Waals surface area (Å²) in [5, 5.41) is 0. The summed E-state index contributed by atoms with van der Waals surface area (Å²) in [7, 11) is 4.09. The normalized spacial score (nSPS) is 26.2. The molecule has 0 spiro atoms. The Bertz CT molecular complexity index is 168. The van der Waals surface area contributed by atoms with Gasteiger partial charge >= 0.3 is 0 Å². The summed E-state index contributed by atoms with van der Waals surface area (Å²) >= 11 is 0. The van der Waals surface area contributed by atoms with Gasteiger partial charge in [-0.25, -0.2) is 0 Å². The lowest BCUT2D eigenvalue weighted by atomic mass is 9.94. The Morgan fingerprint density at radius 1 is 1.06 bits per heavy atom. The van der Waals surface area contributed by atoms with Crippen LogP contribution < -0.4 is 5.73 Å². The standard InChI is InChI=1S/C12H26N2O2/c1-14(2)7-8-15-9-10-16-12-5-3-11(13)4-6-12/h11-12H,3-10,13H2,1-2H3. The van der Waals surface area contributed by atoms with Gasteiger partial charge in [0.1, 0.15) is 0 Å². The lowest BCUT2D eigenvalue weighted by Gasteiger charge is -2.26. The average Bonchev–Trinajstić information content (AvgIpc) is 2.25. The molecule has 0 aromatic carbocycles. The Kier molecular flexibility index (Phi) is 6.96. The van der Waals surface area contributed by atoms with E-state index in [9.17, 15) is 0 Å². The maximum absolute atomic E-state index is 5.83. The van der Waals surface area contributed by atoms with Gasteiger partial charge in [-0.2, -0.15) is 0 Å². The van der Waals surface area contributed by atoms with Crippen LogP contribution >= 0.6 is 0 Å². The molecule has 1 rings (SSSR count). The van der Waals surface area contributed by atoms with E-state index in [1.54, 1.807) is 0 Å². The Morgan fingerprint density at radius 3 is 2.38 bits per heavy atom. The van der Waals surface area contributed by atoms with Crippen molar-refractivity contribution < 1.29 is 9.47 Å². The molecule has 2 N–H and O–H groups in total. The molecule has 96 valence electrons. The van der Waals surface area contributed by atoms with Crippen LogP contribution in [0.2, 0.25) is 0 Å². The third kappa shape index (κ3) is 6.43. The number of nitrogens with zero attached hydrogens (tertiary/aromatic N) is 1. The summed E-state index contributed by atoms with van der Waals surface area (Å²) in [5.41, 5.74) is 5.83. The zero-order chi connectivity index (χ0) is 11.8. The van der Waals surface area contributed by atoms with E-state index in [4.69, 9.17) is 15.2 Å². The maximum atomic E-state index is 5.83. The summed E-state index contributed by atoms with van der Waals surface area (Å²) in [6, 6.07) is 0.399. The molecule has 0 atom stereocenters. The van der Waals surface area contributed by atoms with Crippen LogP contribution in [-0.2, 0) is 9.47 Å². The number of nitrogens with two attached hydrogens (primary N) is 1. The lowest BCUT2D eigenvalue weighted by Crippen LogP contribution is -2.31. The van der Waals surface area contributed by atoms with Crippen molar-refractivity contribution in [2.45, 2.75) is 37.8 Å². The fraction of sp³-hybridized carbons (Fsp3) is 1.00. The third-order valence-corrected chi connectivity index (χ3v) is 2.98. The molecule has 0 unspecified atom stereocenters. The average molecular weight is 230 g/mol. The molecule has 4 nitrogen and oxygen atoms in total. The maximum Gasteiger partial charge on any atom is 0.0704 e. The third-order valence-electron chi connectivity index (χ3n) is 2.98. The molecule has 1 fully saturated rings. The van der Waals surface area contributed by atoms with Gasteiger partial charge in [-0.1, -0.05) is 0 Å². The molecular formula is C12H26N2O2. The van der Waals surface area contributed by atoms with Crippen LogP contribution in [0.15, 0.2) is 0 Å². The highest BCUT2D eigenvalue weighted by atomic mass is 16.5. The predicted octanol–water partition coefficient (Wildman–Crippen LogP) is 0.851. The molecule has 0 amide bonds. The molecule has 0 saturated heterocycles. The molecule has 0 aromatic rings. The quantitative estimate of drug-likeness (QED) is 0.659. The Morgan fingerprint density at radius 2 is 1.75 bits per heavy atom. The largest absolute Gasteiger partial charge is 0.378 e. The first kappa shape index (κ1) is 13.9. The highest BCUT2D eigenvalue weighted by Crippen LogP contribution is 2.19. The molecule has 16 heavy (non-hydrogen) atoms. The molecule has 0 bridgehead atoms. The summed E-state index contributed by atoms with van der Waals surface area (Å²) < 4.78 is 11.2. The van der Waals surface area contributed by atoms with Gasteiger partial charge in [-0.3, -0.25) is 0 Å². The van der Waals surface area contributed by atoms with Gasteiger partial charge in [0, 0.05) is 12.6 Å². The van der Waals surface area contributed by atoms with Crippen molar-refractivity contribution in [3.8, 4) is 0 Å². The molecular weight excluding hydrogens is 204 g/mol. The summed E-state index contributed by atoms with van der Waals surface area (Å²) in [4.78, 5) is 2.11. The van der Waals surface area contributed by atoms with Crippen LogP contribution in [0.3, 0.4) is 0 Å². The predicted molar refractivity (Wildman–Crippen MR) is 65.6 cm³/mol. The number of ether oxygens (including phenoxy) is 2. The van der Waals surface area contributed by atoms with E-state index >= 15 is 0 Å².